The van der Waals surface area contributed by atoms with E-state index in [2.05, 4.69) is 73.1 Å². The maximum Gasteiger partial charge on any atom is 0.202 e. The minimum Gasteiger partial charge on any atom is -0.493 e. The van der Waals surface area contributed by atoms with Gasteiger partial charge in [-0.3, -0.25) is 4.79 Å². The number of carbonyl (C=O) groups excluding carboxylic acids is 1. The third kappa shape index (κ3) is 5.91. The van der Waals surface area contributed by atoms with E-state index in [0.29, 0.717) is 31.3 Å². The Morgan fingerprint density at radius 3 is 2.49 bits per heavy atom. The molecule has 3 aromatic carbocycles. The minimum absolute atomic E-state index is 0.0791. The number of anilines is 1. The molecule has 5 nitrogen and oxygen atoms in total. The molecule has 0 amide bonds. The number of ether oxygens (including phenoxy) is 1. The van der Waals surface area contributed by atoms with Crippen molar-refractivity contribution in [1.29, 1.82) is 0 Å². The van der Waals surface area contributed by atoms with Gasteiger partial charge in [0, 0.05) is 18.2 Å². The first-order valence-corrected chi connectivity index (χ1v) is 16.0. The SMILES string of the molecule is Cc1cc(OCC2CCS(=O)(=O)CC2)cc2c1-c1cc(CNc3ccc([C@H]4C[C@@H]4[C]=O)cc3)ccc1CCC2. The summed E-state index contributed by atoms with van der Waals surface area (Å²) in [5.74, 6) is 2.19. The lowest BCUT2D eigenvalue weighted by atomic mass is 9.91. The van der Waals surface area contributed by atoms with Crippen LogP contribution in [0.5, 0.6) is 5.75 Å². The second-order valence-electron chi connectivity index (χ2n) is 11.6. The second kappa shape index (κ2) is 10.8. The second-order valence-corrected chi connectivity index (χ2v) is 13.9. The molecule has 3 aliphatic rings. The lowest BCUT2D eigenvalue weighted by molar-refractivity contribution is 0.238. The lowest BCUT2D eigenvalue weighted by Crippen LogP contribution is -2.26. The molecule has 6 rings (SSSR count). The predicted molar refractivity (Wildman–Crippen MR) is 156 cm³/mol. The first kappa shape index (κ1) is 26.1. The van der Waals surface area contributed by atoms with E-state index in [9.17, 15) is 13.2 Å². The Labute approximate surface area is 231 Å². The third-order valence-electron chi connectivity index (χ3n) is 8.66. The molecule has 203 valence electrons. The van der Waals surface area contributed by atoms with Crippen LogP contribution in [0.15, 0.2) is 54.6 Å². The summed E-state index contributed by atoms with van der Waals surface area (Å²) < 4.78 is 29.7. The van der Waals surface area contributed by atoms with Crippen molar-refractivity contribution in [2.75, 3.05) is 23.4 Å². The van der Waals surface area contributed by atoms with Crippen LogP contribution in [0.3, 0.4) is 0 Å². The molecule has 1 saturated heterocycles. The number of hydrogen-bond acceptors (Lipinski definition) is 5. The molecule has 1 saturated carbocycles. The maximum absolute atomic E-state index is 11.7. The van der Waals surface area contributed by atoms with Crippen molar-refractivity contribution in [3.63, 3.8) is 0 Å². The van der Waals surface area contributed by atoms with Crippen LogP contribution in [0.2, 0.25) is 0 Å². The van der Waals surface area contributed by atoms with E-state index in [1.54, 1.807) is 0 Å². The van der Waals surface area contributed by atoms with Gasteiger partial charge in [0.05, 0.1) is 18.1 Å². The third-order valence-corrected chi connectivity index (χ3v) is 10.4. The molecule has 1 N–H and O–H groups in total. The van der Waals surface area contributed by atoms with Gasteiger partial charge < -0.3 is 10.1 Å². The zero-order valence-electron chi connectivity index (χ0n) is 22.5. The highest BCUT2D eigenvalue weighted by atomic mass is 32.2. The van der Waals surface area contributed by atoms with Gasteiger partial charge in [-0.25, -0.2) is 8.42 Å². The molecule has 6 heteroatoms. The Morgan fingerprint density at radius 2 is 1.74 bits per heavy atom. The normalized spacial score (nSPS) is 21.8. The molecule has 1 radical (unpaired) electrons. The Kier molecular flexibility index (Phi) is 7.23. The van der Waals surface area contributed by atoms with E-state index in [1.807, 2.05) is 0 Å². The van der Waals surface area contributed by atoms with Gasteiger partial charge in [-0.2, -0.15) is 0 Å². The standard InChI is InChI=1S/C33H36NO4S/c1-22-15-30(38-21-23-11-13-39(36,37)14-12-23)17-27-4-2-3-25-6-5-24(16-32(25)33(22)27)19-34-29-9-7-26(8-10-29)31-18-28(31)20-35/h5-10,15-17,23,28,31,34H,2-4,11-14,18-19,21H2,1H3/t28-,31-/m1/s1. The first-order valence-electron chi connectivity index (χ1n) is 14.2. The monoisotopic (exact) mass is 542 g/mol. The molecule has 0 spiro atoms. The van der Waals surface area contributed by atoms with Crippen LogP contribution in [0.4, 0.5) is 5.69 Å². The molecule has 1 heterocycles. The highest BCUT2D eigenvalue weighted by Gasteiger charge is 2.38. The summed E-state index contributed by atoms with van der Waals surface area (Å²) in [4.78, 5) is 10.9. The molecule has 2 fully saturated rings. The zero-order valence-corrected chi connectivity index (χ0v) is 23.4. The molecule has 0 unspecified atom stereocenters. The van der Waals surface area contributed by atoms with Crippen LogP contribution >= 0.6 is 0 Å². The fourth-order valence-electron chi connectivity index (χ4n) is 6.21. The van der Waals surface area contributed by atoms with Gasteiger partial charge in [-0.1, -0.05) is 24.3 Å². The van der Waals surface area contributed by atoms with Crippen molar-refractivity contribution < 1.29 is 17.9 Å². The van der Waals surface area contributed by atoms with Crippen LogP contribution in [-0.2, 0) is 34.0 Å². The summed E-state index contributed by atoms with van der Waals surface area (Å²) in [6.07, 6.45) is 7.63. The van der Waals surface area contributed by atoms with E-state index in [-0.39, 0.29) is 17.4 Å². The lowest BCUT2D eigenvalue weighted by Gasteiger charge is -2.23. The fourth-order valence-corrected chi connectivity index (χ4v) is 7.80. The van der Waals surface area contributed by atoms with Crippen molar-refractivity contribution in [3.05, 3.63) is 82.4 Å². The fraction of sp³-hybridized carbons (Fsp3) is 0.424. The van der Waals surface area contributed by atoms with Crippen LogP contribution in [0.25, 0.3) is 11.1 Å². The van der Waals surface area contributed by atoms with Crippen LogP contribution in [0, 0.1) is 18.8 Å². The topological polar surface area (TPSA) is 72.5 Å². The number of benzene rings is 3. The summed E-state index contributed by atoms with van der Waals surface area (Å²) in [6.45, 7) is 3.50. The Balaban J connectivity index is 1.15. The van der Waals surface area contributed by atoms with Crippen molar-refractivity contribution in [2.45, 2.75) is 57.9 Å². The Hall–Kier alpha value is -3.12. The van der Waals surface area contributed by atoms with E-state index in [0.717, 1.165) is 43.7 Å². The zero-order chi connectivity index (χ0) is 27.0. The van der Waals surface area contributed by atoms with E-state index >= 15 is 0 Å². The van der Waals surface area contributed by atoms with Crippen molar-refractivity contribution in [3.8, 4) is 16.9 Å². The summed E-state index contributed by atoms with van der Waals surface area (Å²) in [5.41, 5.74) is 10.2. The van der Waals surface area contributed by atoms with Crippen molar-refractivity contribution in [2.24, 2.45) is 11.8 Å². The number of hydrogen-bond donors (Lipinski definition) is 1. The minimum atomic E-state index is -2.85. The van der Waals surface area contributed by atoms with Gasteiger partial charge in [0.2, 0.25) is 6.29 Å². The molecule has 3 aromatic rings. The summed E-state index contributed by atoms with van der Waals surface area (Å²) in [6, 6.07) is 19.7. The van der Waals surface area contributed by atoms with E-state index in [4.69, 9.17) is 4.74 Å². The maximum atomic E-state index is 11.7. The van der Waals surface area contributed by atoms with E-state index < -0.39 is 9.84 Å². The highest BCUT2D eigenvalue weighted by molar-refractivity contribution is 7.91. The summed E-state index contributed by atoms with van der Waals surface area (Å²) in [5, 5.41) is 3.56. The van der Waals surface area contributed by atoms with Gasteiger partial charge in [0.1, 0.15) is 15.6 Å². The highest BCUT2D eigenvalue weighted by Crippen LogP contribution is 2.46. The largest absolute Gasteiger partial charge is 0.493 e. The number of sulfone groups is 1. The van der Waals surface area contributed by atoms with Gasteiger partial charge >= 0.3 is 0 Å². The summed E-state index contributed by atoms with van der Waals surface area (Å²) in [7, 11) is -2.85. The average Bonchev–Trinajstić information content (AvgIpc) is 3.74. The van der Waals surface area contributed by atoms with Gasteiger partial charge in [-0.15, -0.1) is 0 Å². The summed E-state index contributed by atoms with van der Waals surface area (Å²) >= 11 is 0. The van der Waals surface area contributed by atoms with Gasteiger partial charge in [0.25, 0.3) is 0 Å². The molecule has 2 atom stereocenters. The number of rotatable bonds is 8. The van der Waals surface area contributed by atoms with Gasteiger partial charge in [-0.05, 0) is 127 Å². The molecule has 2 aliphatic carbocycles. The molecular weight excluding hydrogens is 506 g/mol. The number of nitrogens with one attached hydrogen (secondary N) is 1. The molecule has 39 heavy (non-hydrogen) atoms. The predicted octanol–water partition coefficient (Wildman–Crippen LogP) is 6.18. The van der Waals surface area contributed by atoms with Crippen LogP contribution in [0.1, 0.15) is 59.4 Å². The van der Waals surface area contributed by atoms with Crippen molar-refractivity contribution in [1.82, 2.24) is 0 Å². The van der Waals surface area contributed by atoms with Crippen LogP contribution in [-0.4, -0.2) is 32.8 Å². The molecule has 0 aromatic heterocycles. The Morgan fingerprint density at radius 1 is 0.974 bits per heavy atom. The van der Waals surface area contributed by atoms with E-state index in [1.165, 1.54) is 38.9 Å². The quantitative estimate of drug-likeness (QED) is 0.368. The molecule has 0 bridgehead atoms. The first-order chi connectivity index (χ1) is 18.9. The average molecular weight is 543 g/mol. The van der Waals surface area contributed by atoms with Gasteiger partial charge in [0.15, 0.2) is 0 Å². The number of aryl methyl sites for hydroxylation is 3. The number of fused-ring (bicyclic) bond motifs is 3. The molecule has 1 aliphatic heterocycles. The molecular formula is C33H36NO4S. The van der Waals surface area contributed by atoms with Crippen molar-refractivity contribution >= 4 is 21.8 Å². The Bertz CT molecular complexity index is 1460. The van der Waals surface area contributed by atoms with Crippen LogP contribution < -0.4 is 10.1 Å². The smallest absolute Gasteiger partial charge is 0.202 e.